The van der Waals surface area contributed by atoms with Gasteiger partial charge in [0.1, 0.15) is 11.6 Å². The quantitative estimate of drug-likeness (QED) is 0.914. The number of imidazole rings is 1. The molecule has 0 atom stereocenters. The van der Waals surface area contributed by atoms with Crippen LogP contribution in [0.25, 0.3) is 0 Å². The van der Waals surface area contributed by atoms with E-state index in [9.17, 15) is 9.90 Å². The van der Waals surface area contributed by atoms with Crippen molar-refractivity contribution in [1.29, 1.82) is 0 Å². The van der Waals surface area contributed by atoms with E-state index in [4.69, 9.17) is 0 Å². The highest BCUT2D eigenvalue weighted by atomic mass is 16.4. The molecule has 2 heterocycles. The number of aromatic carboxylic acids is 1. The summed E-state index contributed by atoms with van der Waals surface area (Å²) in [5.74, 6) is 0.767. The second-order valence-corrected chi connectivity index (χ2v) is 5.41. The van der Waals surface area contributed by atoms with Crippen LogP contribution in [-0.4, -0.2) is 32.7 Å². The molecule has 0 bridgehead atoms. The molecule has 0 amide bonds. The molecule has 1 N–H and O–H groups in total. The topological polar surface area (TPSA) is 71.2 Å². The van der Waals surface area contributed by atoms with E-state index in [2.05, 4.69) is 9.97 Å². The van der Waals surface area contributed by atoms with Crippen LogP contribution in [0.3, 0.4) is 0 Å². The molecule has 0 aromatic carbocycles. The van der Waals surface area contributed by atoms with Crippen LogP contribution in [0, 0.1) is 0 Å². The first-order valence-electron chi connectivity index (χ1n) is 6.81. The lowest BCUT2D eigenvalue weighted by molar-refractivity contribution is 0.0696. The fourth-order valence-electron chi connectivity index (χ4n) is 1.99. The van der Waals surface area contributed by atoms with Crippen molar-refractivity contribution in [3.05, 3.63) is 41.6 Å². The number of aryl methyl sites for hydroxylation is 1. The van der Waals surface area contributed by atoms with Crippen LogP contribution in [-0.2, 0) is 13.6 Å². The highest BCUT2D eigenvalue weighted by molar-refractivity contribution is 5.88. The number of hydrogen-bond donors (Lipinski definition) is 1. The van der Waals surface area contributed by atoms with E-state index in [1.807, 2.05) is 43.6 Å². The first-order chi connectivity index (χ1) is 9.88. The van der Waals surface area contributed by atoms with Crippen molar-refractivity contribution in [3.8, 4) is 0 Å². The Morgan fingerprint density at radius 1 is 1.43 bits per heavy atom. The van der Waals surface area contributed by atoms with Crippen molar-refractivity contribution in [3.63, 3.8) is 0 Å². The first-order valence-corrected chi connectivity index (χ1v) is 6.81. The molecule has 0 aliphatic carbocycles. The van der Waals surface area contributed by atoms with Gasteiger partial charge in [0.25, 0.3) is 0 Å². The molecule has 0 saturated carbocycles. The zero-order chi connectivity index (χ0) is 15.6. The van der Waals surface area contributed by atoms with Crippen molar-refractivity contribution >= 4 is 11.8 Å². The highest BCUT2D eigenvalue weighted by Crippen LogP contribution is 2.20. The third kappa shape index (κ3) is 3.39. The number of carboxylic acid groups (broad SMARTS) is 1. The van der Waals surface area contributed by atoms with Gasteiger partial charge in [-0.3, -0.25) is 0 Å². The minimum Gasteiger partial charge on any atom is -0.478 e. The van der Waals surface area contributed by atoms with Gasteiger partial charge in [-0.05, 0) is 18.1 Å². The molecular formula is C15H20N4O2. The Balaban J connectivity index is 2.33. The Hall–Kier alpha value is -2.37. The molecule has 0 aliphatic rings. The average molecular weight is 288 g/mol. The van der Waals surface area contributed by atoms with Gasteiger partial charge in [-0.1, -0.05) is 13.8 Å². The summed E-state index contributed by atoms with van der Waals surface area (Å²) in [5, 5.41) is 9.24. The zero-order valence-electron chi connectivity index (χ0n) is 12.7. The van der Waals surface area contributed by atoms with Gasteiger partial charge in [0.2, 0.25) is 0 Å². The predicted octanol–water partition coefficient (Wildman–Crippen LogP) is 2.27. The Morgan fingerprint density at radius 3 is 2.67 bits per heavy atom. The van der Waals surface area contributed by atoms with E-state index in [0.717, 1.165) is 11.5 Å². The monoisotopic (exact) mass is 288 g/mol. The molecule has 6 heteroatoms. The van der Waals surface area contributed by atoms with Crippen LogP contribution in [0.4, 0.5) is 5.82 Å². The summed E-state index contributed by atoms with van der Waals surface area (Å²) in [4.78, 5) is 22.0. The van der Waals surface area contributed by atoms with Crippen molar-refractivity contribution < 1.29 is 9.90 Å². The van der Waals surface area contributed by atoms with Crippen LogP contribution in [0.15, 0.2) is 24.5 Å². The minimum atomic E-state index is -0.939. The number of pyridine rings is 1. The van der Waals surface area contributed by atoms with Gasteiger partial charge in [-0.25, -0.2) is 14.8 Å². The average Bonchev–Trinajstić information content (AvgIpc) is 2.83. The lowest BCUT2D eigenvalue weighted by Gasteiger charge is -2.20. The summed E-state index contributed by atoms with van der Waals surface area (Å²) in [6, 6.07) is 3.22. The Kier molecular flexibility index (Phi) is 4.26. The molecule has 112 valence electrons. The molecule has 0 fully saturated rings. The van der Waals surface area contributed by atoms with Crippen molar-refractivity contribution in [2.24, 2.45) is 7.05 Å². The zero-order valence-corrected chi connectivity index (χ0v) is 12.7. The fourth-order valence-corrected chi connectivity index (χ4v) is 1.99. The van der Waals surface area contributed by atoms with E-state index in [1.165, 1.54) is 0 Å². The largest absolute Gasteiger partial charge is 0.478 e. The molecule has 2 rings (SSSR count). The van der Waals surface area contributed by atoms with Gasteiger partial charge in [-0.15, -0.1) is 0 Å². The number of carbonyl (C=O) groups is 1. The van der Waals surface area contributed by atoms with Crippen molar-refractivity contribution in [2.75, 3.05) is 11.9 Å². The standard InChI is InChI=1S/C15H20N4O2/c1-10(2)12-7-11(15(20)21)8-13(17-12)19(4)9-14-16-5-6-18(14)3/h5-8,10H,9H2,1-4H3,(H,20,21). The molecule has 2 aromatic rings. The number of aromatic nitrogens is 3. The van der Waals surface area contributed by atoms with Gasteiger partial charge in [0.15, 0.2) is 0 Å². The van der Waals surface area contributed by atoms with Crippen LogP contribution in [0.1, 0.15) is 41.6 Å². The molecule has 0 saturated heterocycles. The maximum atomic E-state index is 11.3. The lowest BCUT2D eigenvalue weighted by Crippen LogP contribution is -2.21. The number of nitrogens with zero attached hydrogens (tertiary/aromatic N) is 4. The number of hydrogen-bond acceptors (Lipinski definition) is 4. The molecule has 2 aromatic heterocycles. The molecule has 21 heavy (non-hydrogen) atoms. The number of rotatable bonds is 5. The van der Waals surface area contributed by atoms with Crippen LogP contribution >= 0.6 is 0 Å². The maximum absolute atomic E-state index is 11.3. The van der Waals surface area contributed by atoms with Gasteiger partial charge in [0.05, 0.1) is 12.1 Å². The number of carboxylic acids is 1. The summed E-state index contributed by atoms with van der Waals surface area (Å²) >= 11 is 0. The van der Waals surface area contributed by atoms with Crippen LogP contribution in [0.2, 0.25) is 0 Å². The summed E-state index contributed by atoms with van der Waals surface area (Å²) < 4.78 is 1.93. The molecule has 6 nitrogen and oxygen atoms in total. The minimum absolute atomic E-state index is 0.171. The highest BCUT2D eigenvalue weighted by Gasteiger charge is 2.14. The first kappa shape index (κ1) is 15.0. The summed E-state index contributed by atoms with van der Waals surface area (Å²) in [7, 11) is 3.81. The third-order valence-electron chi connectivity index (χ3n) is 3.36. The maximum Gasteiger partial charge on any atom is 0.335 e. The van der Waals surface area contributed by atoms with Gasteiger partial charge in [0, 0.05) is 32.2 Å². The lowest BCUT2D eigenvalue weighted by atomic mass is 10.1. The van der Waals surface area contributed by atoms with Gasteiger partial charge in [-0.2, -0.15) is 0 Å². The molecule has 0 unspecified atom stereocenters. The van der Waals surface area contributed by atoms with E-state index < -0.39 is 5.97 Å². The number of anilines is 1. The molecule has 0 spiro atoms. The second kappa shape index (κ2) is 5.95. The summed E-state index contributed by atoms with van der Waals surface area (Å²) in [6.45, 7) is 4.56. The molecule has 0 radical (unpaired) electrons. The fraction of sp³-hybridized carbons (Fsp3) is 0.400. The second-order valence-electron chi connectivity index (χ2n) is 5.41. The molecular weight excluding hydrogens is 268 g/mol. The predicted molar refractivity (Wildman–Crippen MR) is 80.6 cm³/mol. The van der Waals surface area contributed by atoms with Gasteiger partial charge >= 0.3 is 5.97 Å². The van der Waals surface area contributed by atoms with E-state index in [-0.39, 0.29) is 11.5 Å². The SMILES string of the molecule is CC(C)c1cc(C(=O)O)cc(N(C)Cc2nccn2C)n1. The van der Waals surface area contributed by atoms with E-state index >= 15 is 0 Å². The summed E-state index contributed by atoms with van der Waals surface area (Å²) in [6.07, 6.45) is 3.62. The van der Waals surface area contributed by atoms with E-state index in [0.29, 0.717) is 12.4 Å². The van der Waals surface area contributed by atoms with E-state index in [1.54, 1.807) is 18.3 Å². The summed E-state index contributed by atoms with van der Waals surface area (Å²) in [5.41, 5.74) is 1.03. The third-order valence-corrected chi connectivity index (χ3v) is 3.36. The van der Waals surface area contributed by atoms with Crippen molar-refractivity contribution in [2.45, 2.75) is 26.3 Å². The van der Waals surface area contributed by atoms with Crippen LogP contribution in [0.5, 0.6) is 0 Å². The molecule has 0 aliphatic heterocycles. The Morgan fingerprint density at radius 2 is 2.14 bits per heavy atom. The Bertz CT molecular complexity index is 649. The van der Waals surface area contributed by atoms with Crippen molar-refractivity contribution in [1.82, 2.24) is 14.5 Å². The van der Waals surface area contributed by atoms with Crippen LogP contribution < -0.4 is 4.90 Å². The van der Waals surface area contributed by atoms with Gasteiger partial charge < -0.3 is 14.6 Å². The Labute approximate surface area is 124 Å². The normalized spacial score (nSPS) is 10.9. The smallest absolute Gasteiger partial charge is 0.335 e.